The number of carbonyl (C=O) groups excluding carboxylic acids is 3. The molecule has 2 amide bonds. The smallest absolute Gasteiger partial charge is 0.324 e. The molecule has 0 unspecified atom stereocenters. The lowest BCUT2D eigenvalue weighted by atomic mass is 9.84. The van der Waals surface area contributed by atoms with E-state index in [9.17, 15) is 14.4 Å². The number of benzene rings is 1. The summed E-state index contributed by atoms with van der Waals surface area (Å²) in [6.45, 7) is 10.2. The van der Waals surface area contributed by atoms with Crippen LogP contribution in [0.25, 0.3) is 33.4 Å². The van der Waals surface area contributed by atoms with E-state index < -0.39 is 29.6 Å². The molecule has 52 heavy (non-hydrogen) atoms. The highest BCUT2D eigenvalue weighted by molar-refractivity contribution is 7.10. The van der Waals surface area contributed by atoms with E-state index in [2.05, 4.69) is 60.3 Å². The van der Waals surface area contributed by atoms with Gasteiger partial charge in [-0.3, -0.25) is 24.4 Å². The fourth-order valence-electron chi connectivity index (χ4n) is 7.61. The van der Waals surface area contributed by atoms with Gasteiger partial charge in [0.25, 0.3) is 5.91 Å². The number of fused-ring (bicyclic) bond motifs is 6. The average Bonchev–Trinajstić information content (AvgIpc) is 3.93. The summed E-state index contributed by atoms with van der Waals surface area (Å²) in [6.07, 6.45) is 4.37. The maximum atomic E-state index is 14.1. The van der Waals surface area contributed by atoms with Crippen LogP contribution < -0.4 is 10.7 Å². The number of carbonyl (C=O) groups is 3. The number of hydrazine groups is 1. The summed E-state index contributed by atoms with van der Waals surface area (Å²) in [4.78, 5) is 50.7. The van der Waals surface area contributed by atoms with Crippen molar-refractivity contribution >= 4 is 40.0 Å². The molecule has 12 nitrogen and oxygen atoms in total. The number of rotatable bonds is 6. The van der Waals surface area contributed by atoms with Crippen molar-refractivity contribution < 1.29 is 28.6 Å². The van der Waals surface area contributed by atoms with Crippen molar-refractivity contribution in [3.8, 4) is 22.5 Å². The average molecular weight is 729 g/mol. The van der Waals surface area contributed by atoms with Crippen LogP contribution in [0.15, 0.2) is 41.9 Å². The third-order valence-corrected chi connectivity index (χ3v) is 11.2. The van der Waals surface area contributed by atoms with Crippen LogP contribution in [0.3, 0.4) is 0 Å². The molecular weight excluding hydrogens is 681 g/mol. The maximum absolute atomic E-state index is 14.1. The van der Waals surface area contributed by atoms with Gasteiger partial charge in [0.2, 0.25) is 5.91 Å². The van der Waals surface area contributed by atoms with Crippen LogP contribution in [-0.2, 0) is 48.0 Å². The van der Waals surface area contributed by atoms with Gasteiger partial charge in [0, 0.05) is 72.2 Å². The Labute approximate surface area is 308 Å². The highest BCUT2D eigenvalue weighted by Gasteiger charge is 2.37. The molecule has 276 valence electrons. The molecule has 1 aromatic carbocycles. The number of nitrogens with zero attached hydrogens (tertiary/aromatic N) is 4. The molecule has 2 saturated heterocycles. The van der Waals surface area contributed by atoms with Crippen LogP contribution in [0.4, 0.5) is 0 Å². The van der Waals surface area contributed by atoms with Crippen LogP contribution in [-0.4, -0.2) is 82.4 Å². The quantitative estimate of drug-likeness (QED) is 0.251. The van der Waals surface area contributed by atoms with E-state index in [1.54, 1.807) is 13.3 Å². The number of thiazole rings is 1. The molecule has 0 saturated carbocycles. The molecule has 0 spiro atoms. The minimum atomic E-state index is -0.894. The zero-order chi connectivity index (χ0) is 36.6. The summed E-state index contributed by atoms with van der Waals surface area (Å²) in [5.74, 6) is -1.03. The summed E-state index contributed by atoms with van der Waals surface area (Å²) in [6, 6.07) is 8.92. The molecule has 3 aliphatic heterocycles. The highest BCUT2D eigenvalue weighted by atomic mass is 32.1. The monoisotopic (exact) mass is 728 g/mol. The summed E-state index contributed by atoms with van der Waals surface area (Å²) in [5, 5.41) is 8.24. The Bertz CT molecular complexity index is 1970. The molecule has 6 bridgehead atoms. The number of aryl methyl sites for hydroxylation is 1. The predicted molar refractivity (Wildman–Crippen MR) is 198 cm³/mol. The summed E-state index contributed by atoms with van der Waals surface area (Å²) in [5.41, 5.74) is 9.58. The van der Waals surface area contributed by atoms with Crippen molar-refractivity contribution in [2.24, 2.45) is 5.41 Å². The van der Waals surface area contributed by atoms with Gasteiger partial charge in [-0.15, -0.1) is 11.3 Å². The van der Waals surface area contributed by atoms with Gasteiger partial charge in [0.1, 0.15) is 18.2 Å². The first kappa shape index (κ1) is 36.2. The number of cyclic esters (lactones) is 1. The van der Waals surface area contributed by atoms with Crippen molar-refractivity contribution in [2.75, 3.05) is 26.9 Å². The Morgan fingerprint density at radius 3 is 2.83 bits per heavy atom. The zero-order valence-corrected chi connectivity index (χ0v) is 31.4. The van der Waals surface area contributed by atoms with E-state index >= 15 is 0 Å². The second-order valence-corrected chi connectivity index (χ2v) is 15.7. The zero-order valence-electron chi connectivity index (χ0n) is 30.6. The van der Waals surface area contributed by atoms with Gasteiger partial charge in [-0.1, -0.05) is 19.9 Å². The highest BCUT2D eigenvalue weighted by Crippen LogP contribution is 2.42. The first-order chi connectivity index (χ1) is 25.1. The van der Waals surface area contributed by atoms with E-state index in [1.807, 2.05) is 18.4 Å². The third kappa shape index (κ3) is 7.23. The van der Waals surface area contributed by atoms with E-state index in [1.165, 1.54) is 16.3 Å². The lowest BCUT2D eigenvalue weighted by molar-refractivity contribution is -0.155. The van der Waals surface area contributed by atoms with Crippen LogP contribution in [0.2, 0.25) is 0 Å². The van der Waals surface area contributed by atoms with Crippen molar-refractivity contribution in [3.05, 3.63) is 58.2 Å². The van der Waals surface area contributed by atoms with E-state index in [0.717, 1.165) is 62.6 Å². The van der Waals surface area contributed by atoms with Crippen molar-refractivity contribution in [1.29, 1.82) is 0 Å². The number of esters is 1. The van der Waals surface area contributed by atoms with E-state index in [4.69, 9.17) is 24.2 Å². The SMILES string of the molecule is CCn1c(-c2cccnc2[C@H](C)OC)c2c3cc(ccc31)-c1csc(n1)C[C@H](NC(=O)[C@@H]1CCCO1)C(=O)N1CCC[C@H](N1)C(=O)OCC(C)(C)C2. The summed E-state index contributed by atoms with van der Waals surface area (Å²) < 4.78 is 19.8. The number of ether oxygens (including phenoxy) is 3. The molecule has 4 atom stereocenters. The molecule has 3 aliphatic rings. The number of hydrogen-bond acceptors (Lipinski definition) is 10. The Morgan fingerprint density at radius 2 is 2.06 bits per heavy atom. The van der Waals surface area contributed by atoms with Crippen molar-refractivity contribution in [1.82, 2.24) is 30.3 Å². The summed E-state index contributed by atoms with van der Waals surface area (Å²) in [7, 11) is 1.70. The van der Waals surface area contributed by atoms with Gasteiger partial charge >= 0.3 is 5.97 Å². The minimum absolute atomic E-state index is 0.180. The van der Waals surface area contributed by atoms with Crippen LogP contribution in [0.5, 0.6) is 0 Å². The lowest BCUT2D eigenvalue weighted by Crippen LogP contribution is -2.61. The molecule has 2 fully saturated rings. The fraction of sp³-hybridized carbons (Fsp3) is 0.513. The fourth-order valence-corrected chi connectivity index (χ4v) is 8.46. The van der Waals surface area contributed by atoms with Crippen LogP contribution in [0.1, 0.15) is 75.7 Å². The third-order valence-electron chi connectivity index (χ3n) is 10.4. The second-order valence-electron chi connectivity index (χ2n) is 14.8. The second kappa shape index (κ2) is 15.1. The first-order valence-corrected chi connectivity index (χ1v) is 19.2. The first-order valence-electron chi connectivity index (χ1n) is 18.3. The lowest BCUT2D eigenvalue weighted by Gasteiger charge is -2.35. The molecule has 13 heteroatoms. The minimum Gasteiger partial charge on any atom is -0.464 e. The largest absolute Gasteiger partial charge is 0.464 e. The normalized spacial score (nSPS) is 22.9. The van der Waals surface area contributed by atoms with Gasteiger partial charge < -0.3 is 24.1 Å². The van der Waals surface area contributed by atoms with E-state index in [-0.39, 0.29) is 30.9 Å². The summed E-state index contributed by atoms with van der Waals surface area (Å²) >= 11 is 1.46. The number of hydrogen-bond donors (Lipinski definition) is 2. The van der Waals surface area contributed by atoms with Crippen molar-refractivity contribution in [3.63, 3.8) is 0 Å². The van der Waals surface area contributed by atoms with Gasteiger partial charge in [-0.25, -0.2) is 10.4 Å². The number of amides is 2. The number of aromatic nitrogens is 3. The Balaban J connectivity index is 1.35. The van der Waals surface area contributed by atoms with Gasteiger partial charge in [0.15, 0.2) is 0 Å². The Morgan fingerprint density at radius 1 is 1.21 bits per heavy atom. The molecule has 0 aliphatic carbocycles. The number of methoxy groups -OCH3 is 1. The topological polar surface area (TPSA) is 137 Å². The predicted octanol–water partition coefficient (Wildman–Crippen LogP) is 5.38. The van der Waals surface area contributed by atoms with Crippen molar-refractivity contribution in [2.45, 2.75) is 97.1 Å². The Hall–Kier alpha value is -4.17. The molecule has 3 aromatic heterocycles. The maximum Gasteiger partial charge on any atom is 0.324 e. The number of pyridine rings is 1. The van der Waals surface area contributed by atoms with Gasteiger partial charge in [0.05, 0.1) is 34.8 Å². The van der Waals surface area contributed by atoms with E-state index in [0.29, 0.717) is 38.8 Å². The van der Waals surface area contributed by atoms with Crippen LogP contribution >= 0.6 is 11.3 Å². The Kier molecular flexibility index (Phi) is 10.5. The standard InChI is InChI=1S/C39H48N6O6S/c1-6-44-31-14-13-24-18-26(31)27(35(44)25-10-7-15-40-34(25)23(2)49-5)20-39(3,4)22-51-38(48)28-11-8-16-45(43-28)37(47)29(19-33-41-30(24)21-52-33)42-36(46)32-12-9-17-50-32/h7,10,13-15,18,21,23,28-29,32,43H,6,8-9,11-12,16-17,19-20,22H2,1-5H3,(H,42,46)/t23-,28-,29-,32-/m0/s1. The molecule has 6 heterocycles. The van der Waals surface area contributed by atoms with Gasteiger partial charge in [-0.2, -0.15) is 0 Å². The van der Waals surface area contributed by atoms with Crippen LogP contribution in [0, 0.1) is 5.41 Å². The molecule has 0 radical (unpaired) electrons. The molecular formula is C39H48N6O6S. The molecule has 7 rings (SSSR count). The number of nitrogens with one attached hydrogen (secondary N) is 2. The van der Waals surface area contributed by atoms with Gasteiger partial charge in [-0.05, 0) is 75.8 Å². The molecule has 2 N–H and O–H groups in total. The molecule has 4 aromatic rings.